The lowest BCUT2D eigenvalue weighted by atomic mass is 9.99. The zero-order chi connectivity index (χ0) is 11.0. The van der Waals surface area contributed by atoms with E-state index in [2.05, 4.69) is 5.10 Å². The molecule has 2 rings (SSSR count). The molecule has 1 aromatic rings. The molecule has 76 valence electrons. The van der Waals surface area contributed by atoms with Gasteiger partial charge in [0.2, 0.25) is 0 Å². The molecule has 0 aliphatic heterocycles. The maximum Gasteiger partial charge on any atom is 0.180 e. The summed E-state index contributed by atoms with van der Waals surface area (Å²) in [5.74, 6) is 3.98. The highest BCUT2D eigenvalue weighted by Crippen LogP contribution is 2.27. The van der Waals surface area contributed by atoms with E-state index in [1.54, 1.807) is 24.3 Å². The second-order valence-corrected chi connectivity index (χ2v) is 3.47. The Kier molecular flexibility index (Phi) is 2.11. The largest absolute Gasteiger partial charge is 0.323 e. The summed E-state index contributed by atoms with van der Waals surface area (Å²) in [6.07, 6.45) is 0. The molecule has 0 radical (unpaired) electrons. The van der Waals surface area contributed by atoms with Gasteiger partial charge in [-0.3, -0.25) is 9.59 Å². The normalized spacial score (nSPS) is 21.8. The van der Waals surface area contributed by atoms with Crippen molar-refractivity contribution in [2.24, 2.45) is 16.9 Å². The number of nitrogens with zero attached hydrogens (tertiary/aromatic N) is 1. The number of benzene rings is 1. The average Bonchev–Trinajstić information content (AvgIpc) is 2.52. The molecule has 0 aromatic heterocycles. The van der Waals surface area contributed by atoms with Crippen LogP contribution in [0.25, 0.3) is 0 Å². The van der Waals surface area contributed by atoms with Gasteiger partial charge in [-0.2, -0.15) is 5.10 Å². The third kappa shape index (κ3) is 1.26. The first-order valence-electron chi connectivity index (χ1n) is 4.58. The second-order valence-electron chi connectivity index (χ2n) is 3.47. The Morgan fingerprint density at radius 1 is 1.33 bits per heavy atom. The molecule has 4 heteroatoms. The van der Waals surface area contributed by atoms with Gasteiger partial charge in [-0.05, 0) is 6.92 Å². The Balaban J connectivity index is 2.64. The molecule has 0 amide bonds. The van der Waals surface area contributed by atoms with Crippen LogP contribution in [0.1, 0.15) is 22.8 Å². The number of ketones is 2. The zero-order valence-electron chi connectivity index (χ0n) is 8.23. The lowest BCUT2D eigenvalue weighted by Crippen LogP contribution is -2.24. The summed E-state index contributed by atoms with van der Waals surface area (Å²) < 4.78 is 0. The van der Waals surface area contributed by atoms with Gasteiger partial charge in [-0.15, -0.1) is 0 Å². The van der Waals surface area contributed by atoms with Crippen LogP contribution >= 0.6 is 0 Å². The summed E-state index contributed by atoms with van der Waals surface area (Å²) in [6.45, 7) is 1.37. The van der Waals surface area contributed by atoms with Crippen molar-refractivity contribution in [1.29, 1.82) is 0 Å². The van der Waals surface area contributed by atoms with E-state index in [9.17, 15) is 9.59 Å². The molecule has 15 heavy (non-hydrogen) atoms. The van der Waals surface area contributed by atoms with Crippen LogP contribution < -0.4 is 5.84 Å². The zero-order valence-corrected chi connectivity index (χ0v) is 8.23. The summed E-state index contributed by atoms with van der Waals surface area (Å²) in [4.78, 5) is 23.2. The van der Waals surface area contributed by atoms with Crippen LogP contribution in [0.2, 0.25) is 0 Å². The number of carbonyl (C=O) groups is 2. The first-order valence-corrected chi connectivity index (χ1v) is 4.58. The number of carbonyl (C=O) groups excluding carboxylic acids is 2. The summed E-state index contributed by atoms with van der Waals surface area (Å²) in [6, 6.07) is 6.99. The van der Waals surface area contributed by atoms with E-state index in [0.29, 0.717) is 16.8 Å². The molecule has 0 saturated heterocycles. The Hall–Kier alpha value is -1.97. The lowest BCUT2D eigenvalue weighted by molar-refractivity contribution is -0.117. The number of Topliss-reactive ketones (excluding diaryl/α,β-unsaturated/α-hetero) is 2. The maximum atomic E-state index is 11.9. The standard InChI is InChI=1S/C11H10N2O2/c1-6(14)9-10(13-12)7-4-2-3-5-8(7)11(9)15/h2-5,9H,12H2,1H3/b13-10+/t9-/m1/s1. The molecule has 1 aliphatic rings. The van der Waals surface area contributed by atoms with Crippen molar-refractivity contribution in [3.63, 3.8) is 0 Å². The summed E-state index contributed by atoms with van der Waals surface area (Å²) >= 11 is 0. The van der Waals surface area contributed by atoms with Gasteiger partial charge in [0.05, 0.1) is 5.71 Å². The highest BCUT2D eigenvalue weighted by molar-refractivity contribution is 6.36. The fourth-order valence-corrected chi connectivity index (χ4v) is 1.88. The molecular formula is C11H10N2O2. The van der Waals surface area contributed by atoms with Crippen molar-refractivity contribution >= 4 is 17.3 Å². The molecule has 0 saturated carbocycles. The van der Waals surface area contributed by atoms with E-state index in [-0.39, 0.29) is 11.6 Å². The Morgan fingerprint density at radius 3 is 2.47 bits per heavy atom. The van der Waals surface area contributed by atoms with Gasteiger partial charge in [0.25, 0.3) is 0 Å². The molecule has 2 N–H and O–H groups in total. The van der Waals surface area contributed by atoms with Crippen molar-refractivity contribution < 1.29 is 9.59 Å². The van der Waals surface area contributed by atoms with Crippen molar-refractivity contribution in [3.8, 4) is 0 Å². The number of hydrazone groups is 1. The van der Waals surface area contributed by atoms with Gasteiger partial charge in [-0.25, -0.2) is 0 Å². The minimum Gasteiger partial charge on any atom is -0.323 e. The fourth-order valence-electron chi connectivity index (χ4n) is 1.88. The van der Waals surface area contributed by atoms with Crippen LogP contribution in [0.3, 0.4) is 0 Å². The first kappa shape index (κ1) is 9.58. The summed E-state index contributed by atoms with van der Waals surface area (Å²) in [5.41, 5.74) is 1.58. The second kappa shape index (κ2) is 3.31. The summed E-state index contributed by atoms with van der Waals surface area (Å²) in [5, 5.41) is 3.56. The topological polar surface area (TPSA) is 72.5 Å². The minimum absolute atomic E-state index is 0.206. The highest BCUT2D eigenvalue weighted by Gasteiger charge is 2.39. The number of hydrogen-bond acceptors (Lipinski definition) is 4. The number of hydrogen-bond donors (Lipinski definition) is 1. The molecular weight excluding hydrogens is 192 g/mol. The fraction of sp³-hybridized carbons (Fsp3) is 0.182. The van der Waals surface area contributed by atoms with Gasteiger partial charge in [0.15, 0.2) is 5.78 Å². The molecule has 0 unspecified atom stereocenters. The van der Waals surface area contributed by atoms with Crippen molar-refractivity contribution in [2.45, 2.75) is 6.92 Å². The van der Waals surface area contributed by atoms with Gasteiger partial charge in [-0.1, -0.05) is 24.3 Å². The molecule has 1 aliphatic carbocycles. The van der Waals surface area contributed by atoms with Crippen molar-refractivity contribution in [1.82, 2.24) is 0 Å². The number of rotatable bonds is 1. The predicted molar refractivity (Wildman–Crippen MR) is 55.7 cm³/mol. The van der Waals surface area contributed by atoms with Gasteiger partial charge >= 0.3 is 0 Å². The Labute approximate surface area is 86.8 Å². The smallest absolute Gasteiger partial charge is 0.180 e. The highest BCUT2D eigenvalue weighted by atomic mass is 16.2. The van der Waals surface area contributed by atoms with E-state index in [1.807, 2.05) is 0 Å². The molecule has 1 aromatic carbocycles. The van der Waals surface area contributed by atoms with E-state index in [1.165, 1.54) is 6.92 Å². The van der Waals surface area contributed by atoms with E-state index in [4.69, 9.17) is 5.84 Å². The average molecular weight is 202 g/mol. The first-order chi connectivity index (χ1) is 7.16. The number of fused-ring (bicyclic) bond motifs is 1. The molecule has 0 spiro atoms. The van der Waals surface area contributed by atoms with Crippen LogP contribution in [0.5, 0.6) is 0 Å². The van der Waals surface area contributed by atoms with Crippen molar-refractivity contribution in [2.75, 3.05) is 0 Å². The van der Waals surface area contributed by atoms with Gasteiger partial charge in [0.1, 0.15) is 11.7 Å². The van der Waals surface area contributed by atoms with Crippen LogP contribution in [-0.4, -0.2) is 17.3 Å². The van der Waals surface area contributed by atoms with Crippen molar-refractivity contribution in [3.05, 3.63) is 35.4 Å². The monoisotopic (exact) mass is 202 g/mol. The van der Waals surface area contributed by atoms with E-state index >= 15 is 0 Å². The van der Waals surface area contributed by atoms with Gasteiger partial charge in [0, 0.05) is 11.1 Å². The predicted octanol–water partition coefficient (Wildman–Crippen LogP) is 0.751. The molecule has 4 nitrogen and oxygen atoms in total. The Morgan fingerprint density at radius 2 is 1.93 bits per heavy atom. The SMILES string of the molecule is CC(=O)[C@H]1C(=O)c2ccccc2/C1=N\N. The van der Waals surface area contributed by atoms with E-state index < -0.39 is 5.92 Å². The Bertz CT molecular complexity index is 477. The third-order valence-corrected chi connectivity index (χ3v) is 2.55. The van der Waals surface area contributed by atoms with Crippen LogP contribution in [-0.2, 0) is 4.79 Å². The molecule has 1 atom stereocenters. The maximum absolute atomic E-state index is 11.9. The molecule has 0 bridgehead atoms. The van der Waals surface area contributed by atoms with Gasteiger partial charge < -0.3 is 5.84 Å². The van der Waals surface area contributed by atoms with E-state index in [0.717, 1.165) is 0 Å². The van der Waals surface area contributed by atoms with Crippen LogP contribution in [0.15, 0.2) is 29.4 Å². The summed E-state index contributed by atoms with van der Waals surface area (Å²) in [7, 11) is 0. The molecule has 0 heterocycles. The van der Waals surface area contributed by atoms with Crippen LogP contribution in [0.4, 0.5) is 0 Å². The quantitative estimate of drug-likeness (QED) is 0.415. The minimum atomic E-state index is -0.813. The molecule has 0 fully saturated rings. The third-order valence-electron chi connectivity index (χ3n) is 2.55. The van der Waals surface area contributed by atoms with Crippen LogP contribution in [0, 0.1) is 5.92 Å². The number of nitrogens with two attached hydrogens (primary N) is 1. The lowest BCUT2D eigenvalue weighted by Gasteiger charge is -2.03.